The van der Waals surface area contributed by atoms with Crippen LogP contribution in [0.25, 0.3) is 0 Å². The summed E-state index contributed by atoms with van der Waals surface area (Å²) in [4.78, 5) is 0. The topological polar surface area (TPSA) is 12.0 Å². The Balaban J connectivity index is 1.87. The Bertz CT molecular complexity index is 390. The molecule has 1 unspecified atom stereocenters. The minimum absolute atomic E-state index is 0.542. The molecule has 1 aliphatic carbocycles. The Morgan fingerprint density at radius 1 is 1.30 bits per heavy atom. The molecule has 0 saturated heterocycles. The maximum Gasteiger partial charge on any atom is 0.0438 e. The monoisotopic (exact) mass is 311 g/mol. The number of thioether (sulfide) groups is 1. The molecule has 0 amide bonds. The molecule has 1 aliphatic rings. The second-order valence-electron chi connectivity index (χ2n) is 5.69. The average molecular weight is 312 g/mol. The molecule has 1 aromatic rings. The van der Waals surface area contributed by atoms with Crippen molar-refractivity contribution in [3.63, 3.8) is 0 Å². The van der Waals surface area contributed by atoms with E-state index in [2.05, 4.69) is 36.1 Å². The molecule has 0 spiro atoms. The van der Waals surface area contributed by atoms with E-state index in [1.165, 1.54) is 43.4 Å². The lowest BCUT2D eigenvalue weighted by Gasteiger charge is -2.20. The minimum Gasteiger partial charge on any atom is -0.313 e. The van der Waals surface area contributed by atoms with Gasteiger partial charge in [-0.25, -0.2) is 0 Å². The lowest BCUT2D eigenvalue weighted by molar-refractivity contribution is 0.549. The standard InChI is InChI=1S/C17H26ClNS/c1-2-11-19-15(13-20-16-8-4-5-9-16)12-14-7-3-6-10-17(14)18/h3,6-7,10,15-16,19H,2,4-5,8-9,11-13H2,1H3. The van der Waals surface area contributed by atoms with Crippen molar-refractivity contribution >= 4 is 23.4 Å². The number of nitrogens with one attached hydrogen (secondary N) is 1. The van der Waals surface area contributed by atoms with Gasteiger partial charge in [0, 0.05) is 22.1 Å². The zero-order chi connectivity index (χ0) is 14.2. The summed E-state index contributed by atoms with van der Waals surface area (Å²) in [5.41, 5.74) is 1.27. The number of hydrogen-bond donors (Lipinski definition) is 1. The van der Waals surface area contributed by atoms with Crippen LogP contribution in [-0.4, -0.2) is 23.6 Å². The molecular weight excluding hydrogens is 286 g/mol. The summed E-state index contributed by atoms with van der Waals surface area (Å²) in [5.74, 6) is 1.20. The highest BCUT2D eigenvalue weighted by atomic mass is 35.5. The summed E-state index contributed by atoms with van der Waals surface area (Å²) in [7, 11) is 0. The first-order valence-electron chi connectivity index (χ1n) is 7.88. The molecule has 2 rings (SSSR count). The van der Waals surface area contributed by atoms with Gasteiger partial charge in [-0.2, -0.15) is 11.8 Å². The van der Waals surface area contributed by atoms with Gasteiger partial charge in [-0.05, 0) is 43.9 Å². The van der Waals surface area contributed by atoms with Crippen molar-refractivity contribution in [2.75, 3.05) is 12.3 Å². The van der Waals surface area contributed by atoms with E-state index in [0.717, 1.165) is 23.2 Å². The van der Waals surface area contributed by atoms with E-state index in [9.17, 15) is 0 Å². The smallest absolute Gasteiger partial charge is 0.0438 e. The summed E-state index contributed by atoms with van der Waals surface area (Å²) < 4.78 is 0. The number of halogens is 1. The van der Waals surface area contributed by atoms with Crippen LogP contribution in [0, 0.1) is 0 Å². The zero-order valence-corrected chi connectivity index (χ0v) is 14.0. The summed E-state index contributed by atoms with van der Waals surface area (Å²) in [6.07, 6.45) is 7.91. The first-order chi connectivity index (χ1) is 9.79. The normalized spacial score (nSPS) is 17.5. The van der Waals surface area contributed by atoms with Crippen LogP contribution < -0.4 is 5.32 Å². The van der Waals surface area contributed by atoms with E-state index < -0.39 is 0 Å². The van der Waals surface area contributed by atoms with Crippen molar-refractivity contribution in [2.45, 2.75) is 56.7 Å². The molecule has 0 bridgehead atoms. The predicted octanol–water partition coefficient (Wildman–Crippen LogP) is 4.93. The van der Waals surface area contributed by atoms with Gasteiger partial charge in [0.25, 0.3) is 0 Å². The lowest BCUT2D eigenvalue weighted by Crippen LogP contribution is -2.34. The van der Waals surface area contributed by atoms with Crippen LogP contribution in [0.3, 0.4) is 0 Å². The number of benzene rings is 1. The molecule has 0 heterocycles. The Hall–Kier alpha value is -0.180. The lowest BCUT2D eigenvalue weighted by atomic mass is 10.1. The maximum atomic E-state index is 6.30. The third-order valence-electron chi connectivity index (χ3n) is 3.94. The van der Waals surface area contributed by atoms with Gasteiger partial charge in [-0.3, -0.25) is 0 Å². The number of hydrogen-bond acceptors (Lipinski definition) is 2. The third-order valence-corrected chi connectivity index (χ3v) is 5.85. The molecule has 3 heteroatoms. The van der Waals surface area contributed by atoms with Gasteiger partial charge in [0.05, 0.1) is 0 Å². The van der Waals surface area contributed by atoms with Crippen LogP contribution in [0.2, 0.25) is 5.02 Å². The fourth-order valence-corrected chi connectivity index (χ4v) is 4.39. The van der Waals surface area contributed by atoms with Gasteiger partial charge >= 0.3 is 0 Å². The highest BCUT2D eigenvalue weighted by Gasteiger charge is 2.18. The highest BCUT2D eigenvalue weighted by Crippen LogP contribution is 2.30. The first-order valence-corrected chi connectivity index (χ1v) is 9.30. The second kappa shape index (κ2) is 8.96. The van der Waals surface area contributed by atoms with Gasteiger partial charge in [-0.1, -0.05) is 49.6 Å². The largest absolute Gasteiger partial charge is 0.313 e. The van der Waals surface area contributed by atoms with Gasteiger partial charge in [-0.15, -0.1) is 0 Å². The summed E-state index contributed by atoms with van der Waals surface area (Å²) in [6, 6.07) is 8.79. The SMILES string of the molecule is CCCNC(CSC1CCCC1)Cc1ccccc1Cl. The molecule has 112 valence electrons. The Kier molecular flexibility index (Phi) is 7.26. The molecule has 1 saturated carbocycles. The van der Waals surface area contributed by atoms with Crippen LogP contribution >= 0.6 is 23.4 Å². The summed E-state index contributed by atoms with van der Waals surface area (Å²) in [6.45, 7) is 3.32. The zero-order valence-electron chi connectivity index (χ0n) is 12.4. The van der Waals surface area contributed by atoms with E-state index in [1.807, 2.05) is 12.1 Å². The van der Waals surface area contributed by atoms with Crippen molar-refractivity contribution in [3.8, 4) is 0 Å². The molecule has 0 radical (unpaired) electrons. The van der Waals surface area contributed by atoms with E-state index in [-0.39, 0.29) is 0 Å². The van der Waals surface area contributed by atoms with Crippen LogP contribution in [0.4, 0.5) is 0 Å². The van der Waals surface area contributed by atoms with Crippen molar-refractivity contribution in [1.82, 2.24) is 5.32 Å². The average Bonchev–Trinajstić information content (AvgIpc) is 2.97. The highest BCUT2D eigenvalue weighted by molar-refractivity contribution is 7.99. The Morgan fingerprint density at radius 2 is 2.05 bits per heavy atom. The van der Waals surface area contributed by atoms with E-state index >= 15 is 0 Å². The van der Waals surface area contributed by atoms with Gasteiger partial charge in [0.1, 0.15) is 0 Å². The summed E-state index contributed by atoms with van der Waals surface area (Å²) >= 11 is 8.46. The molecule has 0 aliphatic heterocycles. The van der Waals surface area contributed by atoms with Gasteiger partial charge < -0.3 is 5.32 Å². The Labute approximate surface area is 132 Å². The quantitative estimate of drug-likeness (QED) is 0.731. The molecule has 0 aromatic heterocycles. The summed E-state index contributed by atoms with van der Waals surface area (Å²) in [5, 5.41) is 5.49. The van der Waals surface area contributed by atoms with E-state index in [4.69, 9.17) is 11.6 Å². The van der Waals surface area contributed by atoms with Gasteiger partial charge in [0.2, 0.25) is 0 Å². The second-order valence-corrected chi connectivity index (χ2v) is 7.43. The number of rotatable bonds is 8. The van der Waals surface area contributed by atoms with Crippen molar-refractivity contribution in [3.05, 3.63) is 34.9 Å². The van der Waals surface area contributed by atoms with Crippen LogP contribution in [0.15, 0.2) is 24.3 Å². The van der Waals surface area contributed by atoms with E-state index in [1.54, 1.807) is 0 Å². The van der Waals surface area contributed by atoms with Crippen LogP contribution in [-0.2, 0) is 6.42 Å². The molecule has 1 N–H and O–H groups in total. The molecule has 1 aromatic carbocycles. The molecule has 20 heavy (non-hydrogen) atoms. The van der Waals surface area contributed by atoms with Crippen LogP contribution in [0.1, 0.15) is 44.6 Å². The fraction of sp³-hybridized carbons (Fsp3) is 0.647. The molecular formula is C17H26ClNS. The van der Waals surface area contributed by atoms with Crippen molar-refractivity contribution in [2.24, 2.45) is 0 Å². The molecule has 1 fully saturated rings. The van der Waals surface area contributed by atoms with Crippen molar-refractivity contribution < 1.29 is 0 Å². The third kappa shape index (κ3) is 5.31. The minimum atomic E-state index is 0.542. The fourth-order valence-electron chi connectivity index (χ4n) is 2.78. The van der Waals surface area contributed by atoms with Crippen molar-refractivity contribution in [1.29, 1.82) is 0 Å². The van der Waals surface area contributed by atoms with Gasteiger partial charge in [0.15, 0.2) is 0 Å². The Morgan fingerprint density at radius 3 is 2.75 bits per heavy atom. The molecule has 1 nitrogen and oxygen atoms in total. The van der Waals surface area contributed by atoms with Crippen LogP contribution in [0.5, 0.6) is 0 Å². The first kappa shape index (κ1) is 16.2. The predicted molar refractivity (Wildman–Crippen MR) is 92.0 cm³/mol. The molecule has 1 atom stereocenters. The maximum absolute atomic E-state index is 6.30. The van der Waals surface area contributed by atoms with E-state index in [0.29, 0.717) is 6.04 Å².